The van der Waals surface area contributed by atoms with Crippen molar-refractivity contribution in [1.29, 1.82) is 0 Å². The third-order valence-corrected chi connectivity index (χ3v) is 4.04. The van der Waals surface area contributed by atoms with E-state index < -0.39 is 10.0 Å². The molecule has 0 aliphatic carbocycles. The average molecular weight is 309 g/mol. The van der Waals surface area contributed by atoms with Gasteiger partial charge in [0.05, 0.1) is 6.20 Å². The lowest BCUT2D eigenvalue weighted by Crippen LogP contribution is -2.16. The Hall–Kier alpha value is -2.55. The Morgan fingerprint density at radius 2 is 2.29 bits per heavy atom. The number of nitrogens with one attached hydrogen (secondary N) is 2. The second-order valence-electron chi connectivity index (χ2n) is 4.22. The second kappa shape index (κ2) is 5.83. The number of aromatic nitrogens is 2. The maximum absolute atomic E-state index is 12.2. The molecule has 0 aliphatic rings. The maximum atomic E-state index is 12.2. The van der Waals surface area contributed by atoms with E-state index >= 15 is 0 Å². The number of anilines is 1. The number of imidazole rings is 1. The number of H-pyrrole nitrogens is 1. The van der Waals surface area contributed by atoms with Crippen molar-refractivity contribution in [2.45, 2.75) is 18.4 Å². The predicted molar refractivity (Wildman–Crippen MR) is 77.7 cm³/mol. The molecule has 0 bridgehead atoms. The van der Waals surface area contributed by atoms with Gasteiger partial charge in [-0.3, -0.25) is 4.72 Å². The van der Waals surface area contributed by atoms with Gasteiger partial charge in [0.2, 0.25) is 0 Å². The number of sulfonamides is 1. The Morgan fingerprint density at radius 3 is 2.90 bits per heavy atom. The summed E-state index contributed by atoms with van der Waals surface area (Å²) in [6.07, 6.45) is 1.86. The Morgan fingerprint density at radius 1 is 1.52 bits per heavy atom. The molecule has 0 atom stereocenters. The second-order valence-corrected chi connectivity index (χ2v) is 5.87. The molecule has 0 amide bonds. The number of aromatic amines is 1. The SMILES string of the molecule is CCc1ncc(S(=O)(=O)Nc2cccc(C(N)=NO)c2)[nH]1. The predicted octanol–water partition coefficient (Wildman–Crippen LogP) is 0.867. The number of nitrogens with two attached hydrogens (primary N) is 1. The molecule has 5 N–H and O–H groups in total. The van der Waals surface area contributed by atoms with Crippen LogP contribution in [0.25, 0.3) is 0 Å². The van der Waals surface area contributed by atoms with E-state index in [-0.39, 0.29) is 10.9 Å². The smallest absolute Gasteiger partial charge is 0.278 e. The van der Waals surface area contributed by atoms with E-state index in [9.17, 15) is 8.42 Å². The van der Waals surface area contributed by atoms with Crippen LogP contribution in [0.15, 0.2) is 40.6 Å². The van der Waals surface area contributed by atoms with E-state index in [1.165, 1.54) is 12.3 Å². The van der Waals surface area contributed by atoms with E-state index in [4.69, 9.17) is 10.9 Å². The molecule has 1 aromatic heterocycles. The molecule has 0 saturated carbocycles. The normalized spacial score (nSPS) is 12.3. The van der Waals surface area contributed by atoms with Crippen molar-refractivity contribution in [3.63, 3.8) is 0 Å². The average Bonchev–Trinajstić information content (AvgIpc) is 2.96. The Balaban J connectivity index is 2.28. The molecule has 0 spiro atoms. The maximum Gasteiger partial charge on any atom is 0.278 e. The van der Waals surface area contributed by atoms with Crippen molar-refractivity contribution in [1.82, 2.24) is 9.97 Å². The number of hydrogen-bond acceptors (Lipinski definition) is 5. The molecule has 0 radical (unpaired) electrons. The number of oxime groups is 1. The van der Waals surface area contributed by atoms with Gasteiger partial charge in [0.25, 0.3) is 10.0 Å². The number of benzene rings is 1. The van der Waals surface area contributed by atoms with Crippen molar-refractivity contribution >= 4 is 21.5 Å². The first-order valence-corrected chi connectivity index (χ1v) is 7.59. The fourth-order valence-corrected chi connectivity index (χ4v) is 2.66. The van der Waals surface area contributed by atoms with Crippen LogP contribution in [0.2, 0.25) is 0 Å². The molecule has 1 aromatic carbocycles. The first-order chi connectivity index (χ1) is 9.96. The summed E-state index contributed by atoms with van der Waals surface area (Å²) in [7, 11) is -3.76. The van der Waals surface area contributed by atoms with Crippen molar-refractivity contribution in [3.05, 3.63) is 41.9 Å². The van der Waals surface area contributed by atoms with Crippen LogP contribution in [0.4, 0.5) is 5.69 Å². The van der Waals surface area contributed by atoms with E-state index in [1.807, 2.05) is 6.92 Å². The molecule has 0 fully saturated rings. The molecule has 0 unspecified atom stereocenters. The summed E-state index contributed by atoms with van der Waals surface area (Å²) in [6.45, 7) is 1.86. The first-order valence-electron chi connectivity index (χ1n) is 6.11. The standard InChI is InChI=1S/C12H15N5O3S/c1-2-10-14-7-11(15-10)21(19,20)17-9-5-3-4-8(6-9)12(13)16-18/h3-7,17-18H,2H2,1H3,(H2,13,16)(H,14,15). The van der Waals surface area contributed by atoms with Crippen LogP contribution >= 0.6 is 0 Å². The van der Waals surface area contributed by atoms with E-state index in [1.54, 1.807) is 18.2 Å². The van der Waals surface area contributed by atoms with Crippen LogP contribution in [0.5, 0.6) is 0 Å². The third-order valence-electron chi connectivity index (χ3n) is 2.75. The number of nitrogens with zero attached hydrogens (tertiary/aromatic N) is 2. The highest BCUT2D eigenvalue weighted by Crippen LogP contribution is 2.16. The summed E-state index contributed by atoms with van der Waals surface area (Å²) in [6, 6.07) is 6.21. The fourth-order valence-electron chi connectivity index (χ4n) is 1.67. The first kappa shape index (κ1) is 14.9. The van der Waals surface area contributed by atoms with Gasteiger partial charge in [0.15, 0.2) is 10.9 Å². The molecule has 2 rings (SSSR count). The summed E-state index contributed by atoms with van der Waals surface area (Å²) in [4.78, 5) is 6.68. The van der Waals surface area contributed by atoms with E-state index in [0.717, 1.165) is 0 Å². The highest BCUT2D eigenvalue weighted by molar-refractivity contribution is 7.92. The molecule has 21 heavy (non-hydrogen) atoms. The number of hydrogen-bond donors (Lipinski definition) is 4. The quantitative estimate of drug-likeness (QED) is 0.281. The molecule has 2 aromatic rings. The molecule has 0 saturated heterocycles. The Labute approximate surface area is 121 Å². The van der Waals surface area contributed by atoms with Gasteiger partial charge in [0.1, 0.15) is 5.82 Å². The minimum atomic E-state index is -3.76. The molecule has 112 valence electrons. The van der Waals surface area contributed by atoms with Crippen molar-refractivity contribution in [2.75, 3.05) is 4.72 Å². The van der Waals surface area contributed by atoms with Gasteiger partial charge in [-0.15, -0.1) is 0 Å². The number of amidine groups is 1. The number of rotatable bonds is 5. The zero-order chi connectivity index (χ0) is 15.5. The van der Waals surface area contributed by atoms with Gasteiger partial charge in [0, 0.05) is 17.7 Å². The van der Waals surface area contributed by atoms with Gasteiger partial charge in [-0.2, -0.15) is 8.42 Å². The summed E-state index contributed by atoms with van der Waals surface area (Å²) in [5, 5.41) is 11.5. The monoisotopic (exact) mass is 309 g/mol. The molecular formula is C12H15N5O3S. The molecule has 0 aliphatic heterocycles. The molecule has 8 nitrogen and oxygen atoms in total. The molecule has 1 heterocycles. The van der Waals surface area contributed by atoms with Crippen LogP contribution in [0.1, 0.15) is 18.3 Å². The molecule has 9 heteroatoms. The van der Waals surface area contributed by atoms with Gasteiger partial charge in [-0.1, -0.05) is 24.2 Å². The van der Waals surface area contributed by atoms with Crippen LogP contribution < -0.4 is 10.5 Å². The highest BCUT2D eigenvalue weighted by atomic mass is 32.2. The Kier molecular flexibility index (Phi) is 4.13. The van der Waals surface area contributed by atoms with Crippen molar-refractivity contribution in [2.24, 2.45) is 10.9 Å². The lowest BCUT2D eigenvalue weighted by molar-refractivity contribution is 0.318. The zero-order valence-corrected chi connectivity index (χ0v) is 12.1. The van der Waals surface area contributed by atoms with Crippen molar-refractivity contribution in [3.8, 4) is 0 Å². The highest BCUT2D eigenvalue weighted by Gasteiger charge is 2.17. The summed E-state index contributed by atoms with van der Waals surface area (Å²) < 4.78 is 26.8. The number of aryl methyl sites for hydroxylation is 1. The van der Waals surface area contributed by atoms with E-state index in [0.29, 0.717) is 23.5 Å². The zero-order valence-electron chi connectivity index (χ0n) is 11.2. The third kappa shape index (κ3) is 3.31. The Bertz CT molecular complexity index is 767. The topological polar surface area (TPSA) is 133 Å². The molecular weight excluding hydrogens is 294 g/mol. The van der Waals surface area contributed by atoms with Gasteiger partial charge < -0.3 is 15.9 Å². The van der Waals surface area contributed by atoms with Gasteiger partial charge >= 0.3 is 0 Å². The van der Waals surface area contributed by atoms with Crippen LogP contribution in [-0.2, 0) is 16.4 Å². The fraction of sp³-hybridized carbons (Fsp3) is 0.167. The van der Waals surface area contributed by atoms with Crippen LogP contribution in [-0.4, -0.2) is 29.4 Å². The lowest BCUT2D eigenvalue weighted by atomic mass is 10.2. The minimum Gasteiger partial charge on any atom is -0.409 e. The summed E-state index contributed by atoms with van der Waals surface area (Å²) >= 11 is 0. The summed E-state index contributed by atoms with van der Waals surface area (Å²) in [5.41, 5.74) is 6.16. The largest absolute Gasteiger partial charge is 0.409 e. The minimum absolute atomic E-state index is 0.0199. The van der Waals surface area contributed by atoms with Gasteiger partial charge in [-0.05, 0) is 12.1 Å². The van der Waals surface area contributed by atoms with Crippen LogP contribution in [0.3, 0.4) is 0 Å². The van der Waals surface area contributed by atoms with Crippen molar-refractivity contribution < 1.29 is 13.6 Å². The van der Waals surface area contributed by atoms with Gasteiger partial charge in [-0.25, -0.2) is 4.98 Å². The summed E-state index contributed by atoms with van der Waals surface area (Å²) in [5.74, 6) is 0.478. The van der Waals surface area contributed by atoms with Crippen LogP contribution in [0, 0.1) is 0 Å². The lowest BCUT2D eigenvalue weighted by Gasteiger charge is -2.07. The van der Waals surface area contributed by atoms with E-state index in [2.05, 4.69) is 19.8 Å².